The van der Waals surface area contributed by atoms with Gasteiger partial charge in [0.2, 0.25) is 5.91 Å². The number of fused-ring (bicyclic) bond motifs is 1. The van der Waals surface area contributed by atoms with E-state index < -0.39 is 23.2 Å². The molecule has 44 heavy (non-hydrogen) atoms. The van der Waals surface area contributed by atoms with Gasteiger partial charge in [-0.3, -0.25) is 19.5 Å². The van der Waals surface area contributed by atoms with Crippen molar-refractivity contribution in [3.05, 3.63) is 77.9 Å². The maximum Gasteiger partial charge on any atom is 0.416 e. The van der Waals surface area contributed by atoms with Crippen LogP contribution in [0.3, 0.4) is 0 Å². The van der Waals surface area contributed by atoms with E-state index in [2.05, 4.69) is 32.1 Å². The molecule has 2 saturated heterocycles. The Kier molecular flexibility index (Phi) is 7.91. The molecule has 9 nitrogen and oxygen atoms in total. The Morgan fingerprint density at radius 1 is 0.977 bits per heavy atom. The lowest BCUT2D eigenvalue weighted by Gasteiger charge is -2.48. The second-order valence-corrected chi connectivity index (χ2v) is 12.3. The quantitative estimate of drug-likeness (QED) is 0.432. The van der Waals surface area contributed by atoms with Crippen LogP contribution in [0.2, 0.25) is 0 Å². The lowest BCUT2D eigenvalue weighted by molar-refractivity contribution is -0.137. The van der Waals surface area contributed by atoms with E-state index in [4.69, 9.17) is 0 Å². The molecule has 0 spiro atoms. The summed E-state index contributed by atoms with van der Waals surface area (Å²) in [7, 11) is 0. The van der Waals surface area contributed by atoms with E-state index in [0.29, 0.717) is 30.9 Å². The largest absolute Gasteiger partial charge is 0.416 e. The summed E-state index contributed by atoms with van der Waals surface area (Å²) in [6.07, 6.45) is 4.80. The van der Waals surface area contributed by atoms with Crippen molar-refractivity contribution in [2.45, 2.75) is 74.8 Å². The number of aliphatic hydroxyl groups is 1. The SMILES string of the molecule is CC1(N2CC[C@@H]3C2CCN3C(=O)CNC(=O)c2cccc(C(F)(F)F)c2)CCC(O)(c2ccc(-c3ncccn3)cn2)CC1. The Morgan fingerprint density at radius 3 is 2.39 bits per heavy atom. The molecule has 2 N–H and O–H groups in total. The Hall–Kier alpha value is -3.90. The van der Waals surface area contributed by atoms with Gasteiger partial charge in [-0.1, -0.05) is 6.07 Å². The van der Waals surface area contributed by atoms with E-state index in [1.165, 1.54) is 12.1 Å². The van der Waals surface area contributed by atoms with Gasteiger partial charge in [-0.2, -0.15) is 13.2 Å². The zero-order chi connectivity index (χ0) is 31.1. The summed E-state index contributed by atoms with van der Waals surface area (Å²) >= 11 is 0. The second-order valence-electron chi connectivity index (χ2n) is 12.3. The van der Waals surface area contributed by atoms with Crippen molar-refractivity contribution in [1.29, 1.82) is 0 Å². The Balaban J connectivity index is 1.04. The minimum atomic E-state index is -4.56. The molecule has 6 rings (SSSR count). The lowest BCUT2D eigenvalue weighted by Crippen LogP contribution is -2.54. The zero-order valence-corrected chi connectivity index (χ0v) is 24.4. The second kappa shape index (κ2) is 11.6. The number of hydrogen-bond donors (Lipinski definition) is 2. The monoisotopic (exact) mass is 608 g/mol. The number of rotatable bonds is 6. The first-order valence-electron chi connectivity index (χ1n) is 14.9. The molecule has 2 aromatic heterocycles. The summed E-state index contributed by atoms with van der Waals surface area (Å²) in [5, 5.41) is 14.1. The number of halogens is 3. The number of carbonyl (C=O) groups is 2. The van der Waals surface area contributed by atoms with E-state index in [0.717, 1.165) is 49.9 Å². The summed E-state index contributed by atoms with van der Waals surface area (Å²) in [5.74, 6) is -0.369. The Morgan fingerprint density at radius 2 is 1.70 bits per heavy atom. The van der Waals surface area contributed by atoms with E-state index in [9.17, 15) is 27.9 Å². The molecule has 3 aromatic rings. The topological polar surface area (TPSA) is 112 Å². The summed E-state index contributed by atoms with van der Waals surface area (Å²) in [6, 6.07) is 9.86. The van der Waals surface area contributed by atoms with Crippen LogP contribution in [-0.4, -0.2) is 78.9 Å². The van der Waals surface area contributed by atoms with Crippen LogP contribution in [0.4, 0.5) is 13.2 Å². The third kappa shape index (κ3) is 5.80. The van der Waals surface area contributed by atoms with Crippen molar-refractivity contribution in [3.8, 4) is 11.4 Å². The predicted octanol–water partition coefficient (Wildman–Crippen LogP) is 4.18. The van der Waals surface area contributed by atoms with Crippen molar-refractivity contribution >= 4 is 11.8 Å². The minimum Gasteiger partial charge on any atom is -0.384 e. The number of hydrogen-bond acceptors (Lipinski definition) is 7. The van der Waals surface area contributed by atoms with Gasteiger partial charge in [-0.15, -0.1) is 0 Å². The number of carbonyl (C=O) groups excluding carboxylic acids is 2. The highest BCUT2D eigenvalue weighted by Crippen LogP contribution is 2.47. The normalized spacial score (nSPS) is 27.2. The van der Waals surface area contributed by atoms with Crippen LogP contribution in [0.1, 0.15) is 67.1 Å². The highest BCUT2D eigenvalue weighted by Gasteiger charge is 2.52. The number of nitrogens with one attached hydrogen (secondary N) is 1. The fourth-order valence-electron chi connectivity index (χ4n) is 7.16. The van der Waals surface area contributed by atoms with Crippen molar-refractivity contribution in [1.82, 2.24) is 30.1 Å². The van der Waals surface area contributed by atoms with Crippen LogP contribution in [-0.2, 0) is 16.6 Å². The molecule has 0 bridgehead atoms. The first kappa shape index (κ1) is 30.1. The molecule has 3 aliphatic rings. The minimum absolute atomic E-state index is 0.0139. The lowest BCUT2D eigenvalue weighted by atomic mass is 9.72. The molecule has 232 valence electrons. The van der Waals surface area contributed by atoms with Gasteiger partial charge in [0.05, 0.1) is 17.8 Å². The highest BCUT2D eigenvalue weighted by molar-refractivity contribution is 5.96. The van der Waals surface area contributed by atoms with E-state index in [-0.39, 0.29) is 35.6 Å². The molecular formula is C32H35F3N6O3. The molecule has 2 aliphatic heterocycles. The Bertz CT molecular complexity index is 1510. The number of amides is 2. The molecular weight excluding hydrogens is 573 g/mol. The third-order valence-corrected chi connectivity index (χ3v) is 9.66. The molecule has 2 amide bonds. The summed E-state index contributed by atoms with van der Waals surface area (Å²) in [6.45, 7) is 3.35. The van der Waals surface area contributed by atoms with Gasteiger partial charge in [-0.25, -0.2) is 9.97 Å². The smallest absolute Gasteiger partial charge is 0.384 e. The summed E-state index contributed by atoms with van der Waals surface area (Å²) in [4.78, 5) is 43.0. The van der Waals surface area contributed by atoms with Gasteiger partial charge in [0.25, 0.3) is 5.91 Å². The van der Waals surface area contributed by atoms with Crippen LogP contribution in [0.15, 0.2) is 61.1 Å². The summed E-state index contributed by atoms with van der Waals surface area (Å²) in [5.41, 5.74) is -0.780. The molecule has 1 unspecified atom stereocenters. The highest BCUT2D eigenvalue weighted by atomic mass is 19.4. The van der Waals surface area contributed by atoms with Gasteiger partial charge < -0.3 is 15.3 Å². The van der Waals surface area contributed by atoms with Crippen molar-refractivity contribution in [2.24, 2.45) is 0 Å². The molecule has 4 heterocycles. The molecule has 3 fully saturated rings. The zero-order valence-electron chi connectivity index (χ0n) is 24.4. The van der Waals surface area contributed by atoms with Crippen molar-refractivity contribution in [3.63, 3.8) is 0 Å². The van der Waals surface area contributed by atoms with E-state index >= 15 is 0 Å². The van der Waals surface area contributed by atoms with Crippen molar-refractivity contribution in [2.75, 3.05) is 19.6 Å². The Labute approximate surface area is 253 Å². The fourth-order valence-corrected chi connectivity index (χ4v) is 7.16. The molecule has 2 atom stereocenters. The fraction of sp³-hybridized carbons (Fsp3) is 0.469. The summed E-state index contributed by atoms with van der Waals surface area (Å²) < 4.78 is 39.1. The molecule has 1 aliphatic carbocycles. The first-order chi connectivity index (χ1) is 21.0. The van der Waals surface area contributed by atoms with Crippen LogP contribution in [0.25, 0.3) is 11.4 Å². The van der Waals surface area contributed by atoms with E-state index in [1.807, 2.05) is 17.0 Å². The van der Waals surface area contributed by atoms with Crippen LogP contribution < -0.4 is 5.32 Å². The maximum absolute atomic E-state index is 13.1. The number of likely N-dealkylation sites (tertiary alicyclic amines) is 2. The maximum atomic E-state index is 13.1. The van der Waals surface area contributed by atoms with Crippen LogP contribution >= 0.6 is 0 Å². The average molecular weight is 609 g/mol. The number of benzene rings is 1. The van der Waals surface area contributed by atoms with Gasteiger partial charge in [0.15, 0.2) is 5.82 Å². The average Bonchev–Trinajstić information content (AvgIpc) is 3.65. The van der Waals surface area contributed by atoms with Gasteiger partial charge >= 0.3 is 6.18 Å². The van der Waals surface area contributed by atoms with Crippen molar-refractivity contribution < 1.29 is 27.9 Å². The van der Waals surface area contributed by atoms with Crippen LogP contribution in [0.5, 0.6) is 0 Å². The molecule has 0 radical (unpaired) electrons. The van der Waals surface area contributed by atoms with Gasteiger partial charge in [0, 0.05) is 60.4 Å². The number of alkyl halides is 3. The van der Waals surface area contributed by atoms with Gasteiger partial charge in [0.1, 0.15) is 5.60 Å². The molecule has 12 heteroatoms. The predicted molar refractivity (Wildman–Crippen MR) is 155 cm³/mol. The van der Waals surface area contributed by atoms with E-state index in [1.54, 1.807) is 24.7 Å². The van der Waals surface area contributed by atoms with Gasteiger partial charge in [-0.05, 0) is 81.8 Å². The third-order valence-electron chi connectivity index (χ3n) is 9.66. The number of nitrogens with zero attached hydrogens (tertiary/aromatic N) is 5. The standard InChI is InChI=1S/C32H35F3N6O3/c1-30(10-12-31(44,13-11-30)26-7-6-22(19-38-26)28-36-14-3-15-37-28)41-17-9-24-25(41)8-16-40(24)27(42)20-39-29(43)21-4-2-5-23(18-21)32(33,34)35/h2-7,14-15,18-19,24-25,44H,8-13,16-17,20H2,1H3,(H,39,43)/t24-,25?,30?,31?/m1/s1. The molecule has 1 aromatic carbocycles. The number of pyridine rings is 1. The van der Waals surface area contributed by atoms with Crippen LogP contribution in [0, 0.1) is 0 Å². The number of aromatic nitrogens is 3. The first-order valence-corrected chi connectivity index (χ1v) is 14.9. The molecule has 1 saturated carbocycles.